The molecule has 0 unspecified atom stereocenters. The molecule has 2 aromatic rings. The number of hydrogen-bond donors (Lipinski definition) is 1. The third kappa shape index (κ3) is 1.82. The highest BCUT2D eigenvalue weighted by Gasteiger charge is 2.22. The summed E-state index contributed by atoms with van der Waals surface area (Å²) in [4.78, 5) is 14.6. The molecule has 1 atom stereocenters. The lowest BCUT2D eigenvalue weighted by Crippen LogP contribution is -2.29. The second-order valence-corrected chi connectivity index (χ2v) is 5.05. The third-order valence-electron chi connectivity index (χ3n) is 3.75. The molecule has 90 valence electrons. The van der Waals surface area contributed by atoms with Crippen LogP contribution in [0.5, 0.6) is 0 Å². The summed E-state index contributed by atoms with van der Waals surface area (Å²) in [5.74, 6) is 0. The van der Waals surface area contributed by atoms with E-state index in [2.05, 4.69) is 33.9 Å². The molecule has 0 amide bonds. The van der Waals surface area contributed by atoms with Gasteiger partial charge in [-0.1, -0.05) is 0 Å². The maximum atomic E-state index is 4.48. The Morgan fingerprint density at radius 2 is 2.12 bits per heavy atom. The molecule has 0 saturated heterocycles. The van der Waals surface area contributed by atoms with Gasteiger partial charge >= 0.3 is 0 Å². The number of likely N-dealkylation sites (N-methyl/N-ethyl adjacent to an activating group) is 1. The molecule has 1 N–H and O–H groups in total. The highest BCUT2D eigenvalue weighted by atomic mass is 15.1. The van der Waals surface area contributed by atoms with Crippen LogP contribution in [-0.4, -0.2) is 40.0 Å². The van der Waals surface area contributed by atoms with Crippen LogP contribution in [0.25, 0.3) is 11.2 Å². The molecule has 0 radical (unpaired) electrons. The summed E-state index contributed by atoms with van der Waals surface area (Å²) in [6.07, 6.45) is 8.24. The molecule has 3 rings (SSSR count). The number of hydrogen-bond acceptors (Lipinski definition) is 3. The number of nitrogens with one attached hydrogen (secondary N) is 1. The minimum Gasteiger partial charge on any atom is -0.342 e. The minimum absolute atomic E-state index is 0.622. The van der Waals surface area contributed by atoms with Gasteiger partial charge in [0.2, 0.25) is 0 Å². The molecule has 1 aliphatic carbocycles. The Kier molecular flexibility index (Phi) is 2.59. The Hall–Kier alpha value is -1.42. The maximum absolute atomic E-state index is 4.48. The summed E-state index contributed by atoms with van der Waals surface area (Å²) in [6.45, 7) is 0. The fourth-order valence-corrected chi connectivity index (χ4v) is 2.74. The normalized spacial score (nSPS) is 20.5. The van der Waals surface area contributed by atoms with Gasteiger partial charge in [0.05, 0.1) is 0 Å². The van der Waals surface area contributed by atoms with Gasteiger partial charge in [-0.05, 0) is 39.8 Å². The molecule has 0 bridgehead atoms. The molecule has 0 aliphatic heterocycles. The number of aryl methyl sites for hydroxylation is 1. The largest absolute Gasteiger partial charge is 0.342 e. The number of rotatable bonds is 1. The zero-order valence-electron chi connectivity index (χ0n) is 10.4. The Bertz CT molecular complexity index is 529. The standard InChI is InChI=1S/C13H18N4/c1-17(2)9-4-3-5-11-10(8-9)12-13(16-11)15-7-6-14-12/h6-7,9H,3-5,8H2,1-2H3,(H,15,16)/t9-/m1/s1. The number of aromatic nitrogens is 3. The van der Waals surface area contributed by atoms with Crippen LogP contribution >= 0.6 is 0 Å². The number of aromatic amines is 1. The van der Waals surface area contributed by atoms with Gasteiger partial charge in [0.1, 0.15) is 5.52 Å². The monoisotopic (exact) mass is 230 g/mol. The summed E-state index contributed by atoms with van der Waals surface area (Å²) < 4.78 is 0. The van der Waals surface area contributed by atoms with Gasteiger partial charge in [-0.3, -0.25) is 4.98 Å². The average Bonchev–Trinajstić information content (AvgIpc) is 2.53. The second-order valence-electron chi connectivity index (χ2n) is 5.05. The van der Waals surface area contributed by atoms with Crippen LogP contribution in [0, 0.1) is 0 Å². The van der Waals surface area contributed by atoms with Crippen LogP contribution in [0.1, 0.15) is 24.1 Å². The third-order valence-corrected chi connectivity index (χ3v) is 3.75. The van der Waals surface area contributed by atoms with Crippen molar-refractivity contribution in [2.75, 3.05) is 14.1 Å². The molecular formula is C13H18N4. The lowest BCUT2D eigenvalue weighted by Gasteiger charge is -2.22. The highest BCUT2D eigenvalue weighted by Crippen LogP contribution is 2.27. The van der Waals surface area contributed by atoms with Crippen molar-refractivity contribution >= 4 is 11.2 Å². The fraction of sp³-hybridized carbons (Fsp3) is 0.538. The van der Waals surface area contributed by atoms with Gasteiger partial charge in [-0.25, -0.2) is 4.98 Å². The van der Waals surface area contributed by atoms with Gasteiger partial charge in [0, 0.05) is 29.7 Å². The minimum atomic E-state index is 0.622. The predicted octanol–water partition coefficient (Wildman–Crippen LogP) is 1.77. The second kappa shape index (κ2) is 4.11. The lowest BCUT2D eigenvalue weighted by atomic mass is 10.1. The van der Waals surface area contributed by atoms with Crippen molar-refractivity contribution in [2.45, 2.75) is 31.7 Å². The van der Waals surface area contributed by atoms with E-state index in [0.29, 0.717) is 6.04 Å². The van der Waals surface area contributed by atoms with Crippen LogP contribution in [0.2, 0.25) is 0 Å². The average molecular weight is 230 g/mol. The van der Waals surface area contributed by atoms with E-state index in [4.69, 9.17) is 0 Å². The first-order chi connectivity index (χ1) is 8.25. The molecular weight excluding hydrogens is 212 g/mol. The molecule has 2 aromatic heterocycles. The van der Waals surface area contributed by atoms with Gasteiger partial charge in [-0.15, -0.1) is 0 Å². The van der Waals surface area contributed by atoms with Crippen LogP contribution in [-0.2, 0) is 12.8 Å². The van der Waals surface area contributed by atoms with Gasteiger partial charge in [0.25, 0.3) is 0 Å². The molecule has 2 heterocycles. The first-order valence-corrected chi connectivity index (χ1v) is 6.22. The maximum Gasteiger partial charge on any atom is 0.156 e. The molecule has 1 aliphatic rings. The lowest BCUT2D eigenvalue weighted by molar-refractivity contribution is 0.277. The quantitative estimate of drug-likeness (QED) is 0.759. The van der Waals surface area contributed by atoms with Crippen molar-refractivity contribution in [1.29, 1.82) is 0 Å². The fourth-order valence-electron chi connectivity index (χ4n) is 2.74. The molecule has 4 heteroatoms. The van der Waals surface area contributed by atoms with E-state index in [9.17, 15) is 0 Å². The zero-order chi connectivity index (χ0) is 11.8. The zero-order valence-corrected chi connectivity index (χ0v) is 10.4. The van der Waals surface area contributed by atoms with Crippen molar-refractivity contribution in [3.05, 3.63) is 23.7 Å². The summed E-state index contributed by atoms with van der Waals surface area (Å²) in [7, 11) is 4.33. The Balaban J connectivity index is 2.08. The van der Waals surface area contributed by atoms with E-state index in [1.807, 2.05) is 0 Å². The smallest absolute Gasteiger partial charge is 0.156 e. The van der Waals surface area contributed by atoms with Crippen molar-refractivity contribution in [2.24, 2.45) is 0 Å². The van der Waals surface area contributed by atoms with E-state index < -0.39 is 0 Å². The Labute approximate surface area is 101 Å². The predicted molar refractivity (Wildman–Crippen MR) is 68.0 cm³/mol. The Morgan fingerprint density at radius 3 is 2.94 bits per heavy atom. The first-order valence-electron chi connectivity index (χ1n) is 6.22. The van der Waals surface area contributed by atoms with Crippen molar-refractivity contribution in [3.8, 4) is 0 Å². The number of fused-ring (bicyclic) bond motifs is 3. The van der Waals surface area contributed by atoms with Crippen molar-refractivity contribution < 1.29 is 0 Å². The summed E-state index contributed by atoms with van der Waals surface area (Å²) in [5, 5.41) is 0. The van der Waals surface area contributed by atoms with E-state index in [1.54, 1.807) is 12.4 Å². The van der Waals surface area contributed by atoms with Crippen molar-refractivity contribution in [3.63, 3.8) is 0 Å². The van der Waals surface area contributed by atoms with Crippen LogP contribution < -0.4 is 0 Å². The van der Waals surface area contributed by atoms with Gasteiger partial charge in [0.15, 0.2) is 5.65 Å². The summed E-state index contributed by atoms with van der Waals surface area (Å²) in [6, 6.07) is 0.622. The van der Waals surface area contributed by atoms with E-state index in [0.717, 1.165) is 24.0 Å². The number of nitrogens with zero attached hydrogens (tertiary/aromatic N) is 3. The molecule has 0 fully saturated rings. The summed E-state index contributed by atoms with van der Waals surface area (Å²) in [5.41, 5.74) is 4.73. The summed E-state index contributed by atoms with van der Waals surface area (Å²) >= 11 is 0. The van der Waals surface area contributed by atoms with Crippen LogP contribution in [0.15, 0.2) is 12.4 Å². The first kappa shape index (κ1) is 10.7. The van der Waals surface area contributed by atoms with Gasteiger partial charge < -0.3 is 9.88 Å². The number of H-pyrrole nitrogens is 1. The molecule has 0 spiro atoms. The van der Waals surface area contributed by atoms with Crippen molar-refractivity contribution in [1.82, 2.24) is 19.9 Å². The molecule has 17 heavy (non-hydrogen) atoms. The van der Waals surface area contributed by atoms with Crippen LogP contribution in [0.3, 0.4) is 0 Å². The van der Waals surface area contributed by atoms with E-state index >= 15 is 0 Å². The molecule has 4 nitrogen and oxygen atoms in total. The van der Waals surface area contributed by atoms with Gasteiger partial charge in [-0.2, -0.15) is 0 Å². The molecule has 0 saturated carbocycles. The SMILES string of the molecule is CN(C)[C@@H]1CCCc2[nH]c3nccnc3c2C1. The topological polar surface area (TPSA) is 44.8 Å². The molecule has 0 aromatic carbocycles. The Morgan fingerprint density at radius 1 is 1.29 bits per heavy atom. The van der Waals surface area contributed by atoms with E-state index in [-0.39, 0.29) is 0 Å². The van der Waals surface area contributed by atoms with Crippen LogP contribution in [0.4, 0.5) is 0 Å². The highest BCUT2D eigenvalue weighted by molar-refractivity contribution is 5.76. The van der Waals surface area contributed by atoms with E-state index in [1.165, 1.54) is 24.1 Å².